The molecule has 4 heterocycles. The Morgan fingerprint density at radius 1 is 0.887 bits per heavy atom. The molecule has 0 saturated carbocycles. The molecule has 280 valence electrons. The maximum atomic E-state index is 12.1. The first kappa shape index (κ1) is 40.3. The largest absolute Gasteiger partial charge is 0.458 e. The van der Waals surface area contributed by atoms with E-state index >= 15 is 0 Å². The lowest BCUT2D eigenvalue weighted by atomic mass is 10.2. The molecule has 6 rings (SSSR count). The van der Waals surface area contributed by atoms with Gasteiger partial charge in [0.1, 0.15) is 35.7 Å². The Kier molecular flexibility index (Phi) is 15.6. The molecule has 1 unspecified atom stereocenters. The van der Waals surface area contributed by atoms with E-state index < -0.39 is 39.6 Å². The third-order valence-corrected chi connectivity index (χ3v) is 9.45. The molecule has 2 aromatic heterocycles. The third-order valence-electron chi connectivity index (χ3n) is 6.76. The van der Waals surface area contributed by atoms with E-state index in [1.807, 2.05) is 12.1 Å². The number of hydrogen-bond donors (Lipinski definition) is 3. The smallest absolute Gasteiger partial charge is 0.350 e. The number of carbonyl (C=O) groups excluding carboxylic acids is 4. The second-order valence-corrected chi connectivity index (χ2v) is 13.9. The Morgan fingerprint density at radius 2 is 1.51 bits per heavy atom. The summed E-state index contributed by atoms with van der Waals surface area (Å²) in [5.41, 5.74) is -0.829. The Balaban J connectivity index is 0.000000197. The second-order valence-electron chi connectivity index (χ2n) is 10.8. The number of aromatic amines is 1. The summed E-state index contributed by atoms with van der Waals surface area (Å²) in [6.45, 7) is 3.61. The summed E-state index contributed by atoms with van der Waals surface area (Å²) in [5.74, 6) is -0.271. The number of amides is 2. The normalized spacial score (nSPS) is 18.6. The van der Waals surface area contributed by atoms with Gasteiger partial charge in [0.2, 0.25) is 11.8 Å². The van der Waals surface area contributed by atoms with E-state index in [0.717, 1.165) is 0 Å². The fraction of sp³-hybridized carbons (Fsp3) is 0.294. The minimum absolute atomic E-state index is 0.0559. The van der Waals surface area contributed by atoms with E-state index in [2.05, 4.69) is 25.6 Å². The van der Waals surface area contributed by atoms with Crippen LogP contribution >= 0.6 is 11.8 Å². The van der Waals surface area contributed by atoms with Crippen LogP contribution in [0.15, 0.2) is 94.8 Å². The van der Waals surface area contributed by atoms with Gasteiger partial charge in [-0.2, -0.15) is 4.98 Å². The Morgan fingerprint density at radius 3 is 2.06 bits per heavy atom. The number of aromatic nitrogens is 4. The third kappa shape index (κ3) is 13.5. The Bertz CT molecular complexity index is 2000. The first-order valence-corrected chi connectivity index (χ1v) is 18.2. The SMILES string of the molecule is CC(=O)Nc1ccn([C@H]2CO[C@@H](COC(=O)c3ccccc3)S2)c(=O)n1.CC(=O)Nc1ccnc(=O)[nH]1.O=C(OC[C@@H]1OCCS1=O)c1ccccc1. The number of carbonyl (C=O) groups is 4. The predicted octanol–water partition coefficient (Wildman–Crippen LogP) is 2.32. The molecular formula is C34H36N6O11S2. The van der Waals surface area contributed by atoms with Crippen molar-refractivity contribution < 1.29 is 42.3 Å². The molecule has 0 bridgehead atoms. The minimum Gasteiger partial charge on any atom is -0.458 e. The molecule has 19 heteroatoms. The lowest BCUT2D eigenvalue weighted by Crippen LogP contribution is -2.27. The zero-order valence-corrected chi connectivity index (χ0v) is 30.1. The van der Waals surface area contributed by atoms with Gasteiger partial charge in [-0.3, -0.25) is 23.3 Å². The lowest BCUT2D eigenvalue weighted by molar-refractivity contribution is -0.115. The summed E-state index contributed by atoms with van der Waals surface area (Å²) in [4.78, 5) is 77.2. The van der Waals surface area contributed by atoms with Gasteiger partial charge in [0.25, 0.3) is 0 Å². The summed E-state index contributed by atoms with van der Waals surface area (Å²) in [7, 11) is -1.03. The molecule has 53 heavy (non-hydrogen) atoms. The minimum atomic E-state index is -1.03. The highest BCUT2D eigenvalue weighted by molar-refractivity contribution is 8.00. The zero-order chi connectivity index (χ0) is 38.2. The van der Waals surface area contributed by atoms with Crippen LogP contribution in [0, 0.1) is 0 Å². The fourth-order valence-corrected chi connectivity index (χ4v) is 6.48. The molecule has 0 aliphatic carbocycles. The van der Waals surface area contributed by atoms with Gasteiger partial charge in [0, 0.05) is 32.0 Å². The molecular weight excluding hydrogens is 733 g/mol. The first-order chi connectivity index (χ1) is 25.5. The van der Waals surface area contributed by atoms with Gasteiger partial charge in [0.05, 0.1) is 35.1 Å². The summed E-state index contributed by atoms with van der Waals surface area (Å²) in [5, 5.41) is 4.60. The maximum Gasteiger partial charge on any atom is 0.350 e. The van der Waals surface area contributed by atoms with E-state index in [4.69, 9.17) is 18.9 Å². The standard InChI is InChI=1S/C17H17N3O5S.C11H12O4S.C6H7N3O2/c1-11(21)18-13-7-8-20(17(23)19-13)14-9-24-15(26-14)10-25-16(22)12-5-3-2-4-6-12;12-11(9-4-2-1-3-5-9)15-8-10-14-6-7-16(10)13;1-4(10)8-5-2-3-7-6(11)9-5/h2-8,14-15H,9-10H2,1H3,(H,18,19,21,23);1-5,10H,6-8H2;2-3H,1H3,(H2,7,8,9,10,11)/t14-,15-;10-,16?;/m11./s1. The number of hydrogen-bond acceptors (Lipinski definition) is 14. The number of nitrogens with zero attached hydrogens (tertiary/aromatic N) is 3. The summed E-state index contributed by atoms with van der Waals surface area (Å²) in [6, 6.07) is 20.5. The number of anilines is 2. The molecule has 2 aromatic carbocycles. The van der Waals surface area contributed by atoms with Crippen molar-refractivity contribution in [2.45, 2.75) is 30.1 Å². The number of benzene rings is 2. The van der Waals surface area contributed by atoms with Crippen molar-refractivity contribution in [2.24, 2.45) is 0 Å². The average Bonchev–Trinajstić information content (AvgIpc) is 3.79. The van der Waals surface area contributed by atoms with Crippen molar-refractivity contribution in [1.29, 1.82) is 0 Å². The van der Waals surface area contributed by atoms with Gasteiger partial charge in [-0.25, -0.2) is 24.2 Å². The zero-order valence-electron chi connectivity index (χ0n) is 28.5. The van der Waals surface area contributed by atoms with E-state index in [0.29, 0.717) is 35.9 Å². The van der Waals surface area contributed by atoms with Crippen LogP contribution in [0.3, 0.4) is 0 Å². The molecule has 2 aliphatic heterocycles. The van der Waals surface area contributed by atoms with Crippen molar-refractivity contribution >= 4 is 58.0 Å². The van der Waals surface area contributed by atoms with E-state index in [9.17, 15) is 33.0 Å². The van der Waals surface area contributed by atoms with Crippen LogP contribution in [0.25, 0.3) is 0 Å². The number of esters is 2. The van der Waals surface area contributed by atoms with Gasteiger partial charge in [-0.05, 0) is 36.4 Å². The Hall–Kier alpha value is -5.50. The molecule has 3 N–H and O–H groups in total. The van der Waals surface area contributed by atoms with Gasteiger partial charge in [-0.15, -0.1) is 0 Å². The molecule has 2 saturated heterocycles. The second kappa shape index (κ2) is 20.5. The van der Waals surface area contributed by atoms with Crippen LogP contribution in [0.1, 0.15) is 39.9 Å². The van der Waals surface area contributed by atoms with Crippen molar-refractivity contribution in [1.82, 2.24) is 19.5 Å². The fourth-order valence-electron chi connectivity index (χ4n) is 4.39. The monoisotopic (exact) mass is 768 g/mol. The summed E-state index contributed by atoms with van der Waals surface area (Å²) >= 11 is 1.37. The van der Waals surface area contributed by atoms with Crippen LogP contribution in [0.2, 0.25) is 0 Å². The molecule has 4 aromatic rings. The van der Waals surface area contributed by atoms with E-state index in [-0.39, 0.29) is 41.7 Å². The number of ether oxygens (including phenoxy) is 4. The topological polar surface area (TPSA) is 227 Å². The number of rotatable bonds is 9. The van der Waals surface area contributed by atoms with Crippen LogP contribution < -0.4 is 22.0 Å². The molecule has 17 nitrogen and oxygen atoms in total. The van der Waals surface area contributed by atoms with Gasteiger partial charge in [-0.1, -0.05) is 48.2 Å². The number of thioether (sulfide) groups is 1. The van der Waals surface area contributed by atoms with Crippen molar-refractivity contribution in [3.8, 4) is 0 Å². The highest BCUT2D eigenvalue weighted by Crippen LogP contribution is 2.34. The van der Waals surface area contributed by atoms with Crippen LogP contribution in [-0.2, 0) is 39.3 Å². The maximum absolute atomic E-state index is 12.1. The summed E-state index contributed by atoms with van der Waals surface area (Å²) < 4.78 is 33.8. The molecule has 2 aliphatic rings. The van der Waals surface area contributed by atoms with Gasteiger partial charge >= 0.3 is 23.3 Å². The lowest BCUT2D eigenvalue weighted by Gasteiger charge is -2.12. The number of H-pyrrole nitrogens is 1. The molecule has 0 radical (unpaired) electrons. The van der Waals surface area contributed by atoms with Gasteiger partial charge < -0.3 is 29.6 Å². The molecule has 4 atom stereocenters. The highest BCUT2D eigenvalue weighted by atomic mass is 32.2. The summed E-state index contributed by atoms with van der Waals surface area (Å²) in [6.07, 6.45) is 2.88. The van der Waals surface area contributed by atoms with Crippen molar-refractivity contribution in [3.63, 3.8) is 0 Å². The average molecular weight is 769 g/mol. The van der Waals surface area contributed by atoms with E-state index in [1.54, 1.807) is 60.8 Å². The predicted molar refractivity (Wildman–Crippen MR) is 195 cm³/mol. The van der Waals surface area contributed by atoms with Crippen LogP contribution in [-0.4, -0.2) is 90.5 Å². The highest BCUT2D eigenvalue weighted by Gasteiger charge is 2.30. The quantitative estimate of drug-likeness (QED) is 0.208. The van der Waals surface area contributed by atoms with E-state index in [1.165, 1.54) is 42.4 Å². The van der Waals surface area contributed by atoms with Crippen molar-refractivity contribution in [2.75, 3.05) is 42.8 Å². The number of nitrogens with one attached hydrogen (secondary N) is 3. The molecule has 2 amide bonds. The van der Waals surface area contributed by atoms with Gasteiger partial charge in [0.15, 0.2) is 5.44 Å². The first-order valence-electron chi connectivity index (χ1n) is 15.9. The van der Waals surface area contributed by atoms with Crippen LogP contribution in [0.5, 0.6) is 0 Å². The molecule has 2 fully saturated rings. The van der Waals surface area contributed by atoms with Crippen molar-refractivity contribution in [3.05, 3.63) is 117 Å². The van der Waals surface area contributed by atoms with Crippen LogP contribution in [0.4, 0.5) is 11.6 Å². The molecule has 0 spiro atoms. The Labute approximate surface area is 309 Å².